The number of carbonyl (C=O) groups excluding carboxylic acids is 2. The Morgan fingerprint density at radius 3 is 1.54 bits per heavy atom. The lowest BCUT2D eigenvalue weighted by Gasteiger charge is -2.23. The Morgan fingerprint density at radius 2 is 1.00 bits per heavy atom. The fraction of sp³-hybridized carbons (Fsp3) is 0.896. The zero-order valence-corrected chi connectivity index (χ0v) is 38.6. The number of hydrogen-bond acceptors (Lipinski definition) is 6. The Morgan fingerprint density at radius 1 is 0.554 bits per heavy atom. The van der Waals surface area contributed by atoms with Gasteiger partial charge in [-0.1, -0.05) is 155 Å². The second-order valence-corrected chi connectivity index (χ2v) is 17.0. The lowest BCUT2D eigenvalue weighted by atomic mass is 10.0. The van der Waals surface area contributed by atoms with Gasteiger partial charge in [0.25, 0.3) is 0 Å². The molecule has 0 heterocycles. The zero-order chi connectivity index (χ0) is 41.2. The molecule has 0 aliphatic carbocycles. The van der Waals surface area contributed by atoms with Crippen molar-refractivity contribution in [1.82, 2.24) is 15.1 Å². The number of ether oxygens (including phenoxy) is 2. The number of thiocarbonyl (C=S) groups is 1. The van der Waals surface area contributed by atoms with Gasteiger partial charge in [0.2, 0.25) is 0 Å². The summed E-state index contributed by atoms with van der Waals surface area (Å²) < 4.78 is 11.4. The van der Waals surface area contributed by atoms with Crippen molar-refractivity contribution in [2.75, 3.05) is 46.9 Å². The van der Waals surface area contributed by atoms with E-state index in [-0.39, 0.29) is 18.0 Å². The number of carbonyl (C=O) groups is 2. The average Bonchev–Trinajstić information content (AvgIpc) is 3.18. The van der Waals surface area contributed by atoms with Gasteiger partial charge in [0, 0.05) is 33.5 Å². The molecule has 0 aromatic heterocycles. The third-order valence-corrected chi connectivity index (χ3v) is 11.3. The van der Waals surface area contributed by atoms with E-state index in [1.54, 1.807) is 0 Å². The molecule has 0 aromatic rings. The minimum absolute atomic E-state index is 0.0247. The molecule has 0 saturated carbocycles. The molecule has 0 fully saturated rings. The van der Waals surface area contributed by atoms with Crippen molar-refractivity contribution in [3.63, 3.8) is 0 Å². The predicted molar refractivity (Wildman–Crippen MR) is 245 cm³/mol. The monoisotopic (exact) mass is 808 g/mol. The van der Waals surface area contributed by atoms with E-state index in [4.69, 9.17) is 21.7 Å². The highest BCUT2D eigenvalue weighted by Gasteiger charge is 2.14. The molecule has 1 N–H and O–H groups in total. The third kappa shape index (κ3) is 39.2. The first-order chi connectivity index (χ1) is 27.3. The summed E-state index contributed by atoms with van der Waals surface area (Å²) in [6.07, 6.45) is 41.2. The van der Waals surface area contributed by atoms with Gasteiger partial charge < -0.3 is 24.6 Å². The summed E-state index contributed by atoms with van der Waals surface area (Å²) in [5, 5.41) is 4.16. The molecule has 0 unspecified atom stereocenters. The number of esters is 2. The molecule has 0 rings (SSSR count). The van der Waals surface area contributed by atoms with E-state index in [2.05, 4.69) is 37.1 Å². The quantitative estimate of drug-likeness (QED) is 0.0283. The highest BCUT2D eigenvalue weighted by molar-refractivity contribution is 7.80. The van der Waals surface area contributed by atoms with Crippen molar-refractivity contribution in [2.45, 2.75) is 232 Å². The maximum absolute atomic E-state index is 12.8. The maximum Gasteiger partial charge on any atom is 0.306 e. The van der Waals surface area contributed by atoms with E-state index in [0.29, 0.717) is 19.4 Å². The molecule has 0 radical (unpaired) electrons. The highest BCUT2D eigenvalue weighted by atomic mass is 32.1. The molecule has 8 heteroatoms. The summed E-state index contributed by atoms with van der Waals surface area (Å²) in [6, 6.07) is 0. The van der Waals surface area contributed by atoms with Crippen LogP contribution in [0.2, 0.25) is 0 Å². The summed E-state index contributed by atoms with van der Waals surface area (Å²) in [5.74, 6) is -0.0444. The van der Waals surface area contributed by atoms with Gasteiger partial charge in [-0.2, -0.15) is 0 Å². The van der Waals surface area contributed by atoms with Gasteiger partial charge in [0.15, 0.2) is 5.11 Å². The molecular weight excluding hydrogens is 715 g/mol. The van der Waals surface area contributed by atoms with Gasteiger partial charge in [0.1, 0.15) is 12.7 Å². The smallest absolute Gasteiger partial charge is 0.306 e. The number of nitrogens with one attached hydrogen (secondary N) is 1. The number of hydrogen-bond donors (Lipinski definition) is 1. The minimum Gasteiger partial charge on any atom is -0.462 e. The van der Waals surface area contributed by atoms with Crippen LogP contribution in [0.3, 0.4) is 0 Å². The van der Waals surface area contributed by atoms with Crippen molar-refractivity contribution >= 4 is 29.3 Å². The molecule has 0 saturated heterocycles. The third-order valence-electron chi connectivity index (χ3n) is 10.8. The molecule has 56 heavy (non-hydrogen) atoms. The Bertz CT molecular complexity index is 899. The minimum atomic E-state index is -0.0691. The van der Waals surface area contributed by atoms with Crippen LogP contribution in [0.4, 0.5) is 0 Å². The second kappa shape index (κ2) is 42.9. The van der Waals surface area contributed by atoms with Gasteiger partial charge in [-0.3, -0.25) is 9.59 Å². The van der Waals surface area contributed by atoms with Crippen LogP contribution in [0.5, 0.6) is 0 Å². The average molecular weight is 808 g/mol. The van der Waals surface area contributed by atoms with Crippen LogP contribution in [0.1, 0.15) is 226 Å². The summed E-state index contributed by atoms with van der Waals surface area (Å²) in [4.78, 5) is 29.5. The largest absolute Gasteiger partial charge is 0.462 e. The summed E-state index contributed by atoms with van der Waals surface area (Å²) in [5.41, 5.74) is 0. The number of unbranched alkanes of at least 4 members (excludes halogenated alkanes) is 22. The SMILES string of the molecule is CCCCCC/C=C\COC(=O)CCCCCCCN(CCCCCCCC(=O)OC(CCCCCCCC)CCCCCCCC)CCCNC(=S)N(C)C. The molecular formula is C48H93N3O4S. The predicted octanol–water partition coefficient (Wildman–Crippen LogP) is 13.3. The molecule has 0 aliphatic rings. The van der Waals surface area contributed by atoms with E-state index < -0.39 is 0 Å². The van der Waals surface area contributed by atoms with Crippen LogP contribution in [0, 0.1) is 0 Å². The van der Waals surface area contributed by atoms with Gasteiger partial charge in [0.05, 0.1) is 0 Å². The number of nitrogens with zero attached hydrogens (tertiary/aromatic N) is 2. The molecule has 0 spiro atoms. The zero-order valence-electron chi connectivity index (χ0n) is 37.8. The molecule has 0 aliphatic heterocycles. The van der Waals surface area contributed by atoms with Crippen molar-refractivity contribution in [1.29, 1.82) is 0 Å². The van der Waals surface area contributed by atoms with Crippen molar-refractivity contribution in [3.05, 3.63) is 12.2 Å². The Hall–Kier alpha value is -1.67. The van der Waals surface area contributed by atoms with E-state index >= 15 is 0 Å². The highest BCUT2D eigenvalue weighted by Crippen LogP contribution is 2.18. The molecule has 7 nitrogen and oxygen atoms in total. The van der Waals surface area contributed by atoms with Crippen LogP contribution in [0.25, 0.3) is 0 Å². The summed E-state index contributed by atoms with van der Waals surface area (Å²) in [7, 11) is 3.96. The molecule has 0 amide bonds. The topological polar surface area (TPSA) is 71.1 Å². The van der Waals surface area contributed by atoms with Crippen molar-refractivity contribution < 1.29 is 19.1 Å². The van der Waals surface area contributed by atoms with Crippen molar-refractivity contribution in [3.8, 4) is 0 Å². The van der Waals surface area contributed by atoms with Crippen LogP contribution in [-0.2, 0) is 19.1 Å². The Balaban J connectivity index is 4.38. The van der Waals surface area contributed by atoms with E-state index in [0.717, 1.165) is 82.7 Å². The molecule has 0 bridgehead atoms. The van der Waals surface area contributed by atoms with Gasteiger partial charge in [-0.05, 0) is 102 Å². The fourth-order valence-corrected chi connectivity index (χ4v) is 7.26. The maximum atomic E-state index is 12.8. The van der Waals surface area contributed by atoms with Crippen LogP contribution >= 0.6 is 12.2 Å². The van der Waals surface area contributed by atoms with Crippen LogP contribution in [0.15, 0.2) is 12.2 Å². The lowest BCUT2D eigenvalue weighted by Crippen LogP contribution is -2.36. The molecule has 0 atom stereocenters. The standard InChI is InChI=1S/C48H93N3O4S/c1-6-9-12-15-18-27-34-44-54-46(52)38-30-23-19-25-32-41-51(43-35-40-49-48(56)50(4)5)42-33-26-20-24-31-39-47(53)55-45(36-28-21-16-13-10-7-2)37-29-22-17-14-11-8-3/h27,34,45H,6-26,28-33,35-44H2,1-5H3,(H,49,56)/b34-27-. The molecule has 330 valence electrons. The normalized spacial score (nSPS) is 11.6. The van der Waals surface area contributed by atoms with Gasteiger partial charge >= 0.3 is 11.9 Å². The van der Waals surface area contributed by atoms with Crippen molar-refractivity contribution in [2.24, 2.45) is 0 Å². The first kappa shape index (κ1) is 54.3. The van der Waals surface area contributed by atoms with E-state index in [1.165, 1.54) is 141 Å². The fourth-order valence-electron chi connectivity index (χ4n) is 7.16. The number of rotatable bonds is 42. The summed E-state index contributed by atoms with van der Waals surface area (Å²) >= 11 is 5.40. The Kier molecular flexibility index (Phi) is 41.6. The first-order valence-electron chi connectivity index (χ1n) is 24.0. The summed E-state index contributed by atoms with van der Waals surface area (Å²) in [6.45, 7) is 11.4. The van der Waals surface area contributed by atoms with Crippen LogP contribution in [-0.4, -0.2) is 79.8 Å². The van der Waals surface area contributed by atoms with E-state index in [9.17, 15) is 9.59 Å². The molecule has 0 aromatic carbocycles. The van der Waals surface area contributed by atoms with Crippen LogP contribution < -0.4 is 5.32 Å². The van der Waals surface area contributed by atoms with E-state index in [1.807, 2.05) is 25.1 Å². The second-order valence-electron chi connectivity index (χ2n) is 16.6. The number of allylic oxidation sites excluding steroid dienone is 1. The lowest BCUT2D eigenvalue weighted by molar-refractivity contribution is -0.150. The van der Waals surface area contributed by atoms with Gasteiger partial charge in [-0.25, -0.2) is 0 Å². The Labute approximate surface area is 353 Å². The van der Waals surface area contributed by atoms with Gasteiger partial charge in [-0.15, -0.1) is 0 Å². The first-order valence-corrected chi connectivity index (χ1v) is 24.4.